The predicted octanol–water partition coefficient (Wildman–Crippen LogP) is 4.12. The molecule has 0 saturated heterocycles. The molecule has 1 N–H and O–H groups in total. The summed E-state index contributed by atoms with van der Waals surface area (Å²) in [6.45, 7) is 5.96. The van der Waals surface area contributed by atoms with E-state index in [1.807, 2.05) is 57.2 Å². The standard InChI is InChI=1S/C20H19N5OS/c1-12-8-9-18(13(2)10-12)25-20(22-23-24-25)27-14(3)19(26)16-11-21-17-7-5-4-6-15(16)17/h4-11,14,21H,1-3H3. The van der Waals surface area contributed by atoms with Crippen LogP contribution in [0.2, 0.25) is 0 Å². The first kappa shape index (κ1) is 17.5. The average molecular weight is 377 g/mol. The average Bonchev–Trinajstić information content (AvgIpc) is 3.28. The Morgan fingerprint density at radius 3 is 2.81 bits per heavy atom. The molecule has 2 heterocycles. The molecule has 0 spiro atoms. The fourth-order valence-electron chi connectivity index (χ4n) is 3.15. The van der Waals surface area contributed by atoms with Crippen LogP contribution in [-0.2, 0) is 0 Å². The SMILES string of the molecule is Cc1ccc(-n2nnnc2SC(C)C(=O)c2c[nH]c3ccccc23)c(C)c1. The number of carbonyl (C=O) groups is 1. The van der Waals surface area contributed by atoms with E-state index < -0.39 is 0 Å². The van der Waals surface area contributed by atoms with Crippen LogP contribution in [0, 0.1) is 13.8 Å². The van der Waals surface area contributed by atoms with E-state index in [-0.39, 0.29) is 11.0 Å². The van der Waals surface area contributed by atoms with Gasteiger partial charge in [0.15, 0.2) is 5.78 Å². The number of thioether (sulfide) groups is 1. The van der Waals surface area contributed by atoms with Crippen LogP contribution in [0.4, 0.5) is 0 Å². The summed E-state index contributed by atoms with van der Waals surface area (Å²) in [5.74, 6) is 0.0487. The fourth-order valence-corrected chi connectivity index (χ4v) is 4.02. The van der Waals surface area contributed by atoms with Crippen molar-refractivity contribution >= 4 is 28.4 Å². The fraction of sp³-hybridized carbons (Fsp3) is 0.200. The van der Waals surface area contributed by atoms with E-state index in [9.17, 15) is 4.79 Å². The molecule has 4 rings (SSSR count). The third kappa shape index (κ3) is 3.26. The van der Waals surface area contributed by atoms with Gasteiger partial charge in [-0.2, -0.15) is 4.68 Å². The van der Waals surface area contributed by atoms with Gasteiger partial charge in [0.2, 0.25) is 5.16 Å². The Morgan fingerprint density at radius 1 is 1.19 bits per heavy atom. The second-order valence-electron chi connectivity index (χ2n) is 6.54. The Morgan fingerprint density at radius 2 is 2.00 bits per heavy atom. The van der Waals surface area contributed by atoms with Gasteiger partial charge in [-0.1, -0.05) is 47.7 Å². The summed E-state index contributed by atoms with van der Waals surface area (Å²) in [6, 6.07) is 13.9. The summed E-state index contributed by atoms with van der Waals surface area (Å²) in [6.07, 6.45) is 1.77. The van der Waals surface area contributed by atoms with Crippen molar-refractivity contribution in [3.63, 3.8) is 0 Å². The number of rotatable bonds is 5. The number of Topliss-reactive ketones (excluding diaryl/α,β-unsaturated/α-hetero) is 1. The van der Waals surface area contributed by atoms with E-state index in [4.69, 9.17) is 0 Å². The topological polar surface area (TPSA) is 76.5 Å². The zero-order valence-electron chi connectivity index (χ0n) is 15.3. The van der Waals surface area contributed by atoms with Gasteiger partial charge in [-0.05, 0) is 48.9 Å². The van der Waals surface area contributed by atoms with Gasteiger partial charge in [0, 0.05) is 22.7 Å². The van der Waals surface area contributed by atoms with Crippen LogP contribution < -0.4 is 0 Å². The lowest BCUT2D eigenvalue weighted by molar-refractivity contribution is 0.0995. The Balaban J connectivity index is 1.61. The first-order chi connectivity index (χ1) is 13.0. The minimum atomic E-state index is -0.320. The molecule has 0 fully saturated rings. The smallest absolute Gasteiger partial charge is 0.214 e. The molecule has 0 bridgehead atoms. The number of nitrogens with zero attached hydrogens (tertiary/aromatic N) is 4. The first-order valence-corrected chi connectivity index (χ1v) is 9.55. The quantitative estimate of drug-likeness (QED) is 0.418. The molecular weight excluding hydrogens is 358 g/mol. The molecule has 1 atom stereocenters. The molecule has 0 aliphatic heterocycles. The lowest BCUT2D eigenvalue weighted by atomic mass is 10.1. The summed E-state index contributed by atoms with van der Waals surface area (Å²) < 4.78 is 1.69. The lowest BCUT2D eigenvalue weighted by Gasteiger charge is -2.11. The number of tetrazole rings is 1. The van der Waals surface area contributed by atoms with Gasteiger partial charge in [0.25, 0.3) is 0 Å². The number of benzene rings is 2. The van der Waals surface area contributed by atoms with E-state index in [0.29, 0.717) is 10.7 Å². The number of hydrogen-bond donors (Lipinski definition) is 1. The predicted molar refractivity (Wildman–Crippen MR) is 107 cm³/mol. The van der Waals surface area contributed by atoms with Crippen molar-refractivity contribution in [3.05, 3.63) is 65.4 Å². The molecule has 27 heavy (non-hydrogen) atoms. The van der Waals surface area contributed by atoms with Gasteiger partial charge in [-0.15, -0.1) is 5.10 Å². The minimum absolute atomic E-state index is 0.0487. The highest BCUT2D eigenvalue weighted by atomic mass is 32.2. The Hall–Kier alpha value is -2.93. The summed E-state index contributed by atoms with van der Waals surface area (Å²) in [5, 5.41) is 13.3. The summed E-state index contributed by atoms with van der Waals surface area (Å²) >= 11 is 1.36. The number of fused-ring (bicyclic) bond motifs is 1. The largest absolute Gasteiger partial charge is 0.360 e. The van der Waals surface area contributed by atoms with E-state index in [1.165, 1.54) is 17.3 Å². The minimum Gasteiger partial charge on any atom is -0.360 e. The van der Waals surface area contributed by atoms with Crippen molar-refractivity contribution in [1.29, 1.82) is 0 Å². The maximum Gasteiger partial charge on any atom is 0.214 e. The zero-order valence-corrected chi connectivity index (χ0v) is 16.1. The number of carbonyl (C=O) groups excluding carboxylic acids is 1. The lowest BCUT2D eigenvalue weighted by Crippen LogP contribution is -2.14. The van der Waals surface area contributed by atoms with Gasteiger partial charge in [-0.25, -0.2) is 0 Å². The number of aromatic nitrogens is 5. The molecule has 0 radical (unpaired) electrons. The van der Waals surface area contributed by atoms with E-state index in [2.05, 4.69) is 26.6 Å². The van der Waals surface area contributed by atoms with Gasteiger partial charge in [-0.3, -0.25) is 4.79 Å². The molecule has 0 aliphatic rings. The Labute approximate surface area is 161 Å². The molecule has 4 aromatic rings. The molecule has 136 valence electrons. The molecule has 0 amide bonds. The molecule has 2 aromatic heterocycles. The van der Waals surface area contributed by atoms with Crippen molar-refractivity contribution < 1.29 is 4.79 Å². The number of H-pyrrole nitrogens is 1. The first-order valence-electron chi connectivity index (χ1n) is 8.67. The number of aromatic amines is 1. The molecular formula is C20H19N5OS. The van der Waals surface area contributed by atoms with E-state index >= 15 is 0 Å². The van der Waals surface area contributed by atoms with Crippen LogP contribution in [0.1, 0.15) is 28.4 Å². The highest BCUT2D eigenvalue weighted by Gasteiger charge is 2.23. The molecule has 0 aliphatic carbocycles. The molecule has 6 nitrogen and oxygen atoms in total. The van der Waals surface area contributed by atoms with Crippen molar-refractivity contribution in [1.82, 2.24) is 25.2 Å². The number of aryl methyl sites for hydroxylation is 2. The van der Waals surface area contributed by atoms with Crippen LogP contribution in [0.5, 0.6) is 0 Å². The number of para-hydroxylation sites is 1. The van der Waals surface area contributed by atoms with E-state index in [1.54, 1.807) is 10.9 Å². The van der Waals surface area contributed by atoms with Gasteiger partial charge < -0.3 is 4.98 Å². The number of nitrogens with one attached hydrogen (secondary N) is 1. The van der Waals surface area contributed by atoms with Gasteiger partial charge in [0.1, 0.15) is 0 Å². The normalized spacial score (nSPS) is 12.4. The summed E-state index contributed by atoms with van der Waals surface area (Å²) in [7, 11) is 0. The summed E-state index contributed by atoms with van der Waals surface area (Å²) in [5.41, 5.74) is 4.83. The van der Waals surface area contributed by atoms with Crippen molar-refractivity contribution in [2.75, 3.05) is 0 Å². The van der Waals surface area contributed by atoms with Crippen LogP contribution in [0.25, 0.3) is 16.6 Å². The monoisotopic (exact) mass is 377 g/mol. The van der Waals surface area contributed by atoms with Gasteiger partial charge in [0.05, 0.1) is 10.9 Å². The van der Waals surface area contributed by atoms with Crippen molar-refractivity contribution in [2.45, 2.75) is 31.2 Å². The van der Waals surface area contributed by atoms with Crippen LogP contribution in [0.15, 0.2) is 53.8 Å². The third-order valence-electron chi connectivity index (χ3n) is 4.53. The highest BCUT2D eigenvalue weighted by molar-refractivity contribution is 8.00. The van der Waals surface area contributed by atoms with Gasteiger partial charge >= 0.3 is 0 Å². The van der Waals surface area contributed by atoms with Crippen molar-refractivity contribution in [3.8, 4) is 5.69 Å². The van der Waals surface area contributed by atoms with Crippen molar-refractivity contribution in [2.24, 2.45) is 0 Å². The second-order valence-corrected chi connectivity index (χ2v) is 7.84. The second kappa shape index (κ2) is 7.00. The maximum atomic E-state index is 13.0. The molecule has 0 saturated carbocycles. The van der Waals surface area contributed by atoms with E-state index in [0.717, 1.165) is 22.2 Å². The maximum absolute atomic E-state index is 13.0. The summed E-state index contributed by atoms with van der Waals surface area (Å²) in [4.78, 5) is 16.1. The highest BCUT2D eigenvalue weighted by Crippen LogP contribution is 2.28. The third-order valence-corrected chi connectivity index (χ3v) is 5.56. The Bertz CT molecular complexity index is 1130. The molecule has 7 heteroatoms. The molecule has 1 unspecified atom stereocenters. The van der Waals surface area contributed by atoms with Crippen LogP contribution >= 0.6 is 11.8 Å². The zero-order chi connectivity index (χ0) is 19.0. The van der Waals surface area contributed by atoms with Crippen LogP contribution in [-0.4, -0.2) is 36.2 Å². The Kier molecular flexibility index (Phi) is 4.53. The molecule has 2 aromatic carbocycles. The number of ketones is 1. The number of hydrogen-bond acceptors (Lipinski definition) is 5. The van der Waals surface area contributed by atoms with Crippen LogP contribution in [0.3, 0.4) is 0 Å².